The number of rotatable bonds is 5. The van der Waals surface area contributed by atoms with Gasteiger partial charge in [0, 0.05) is 12.7 Å². The monoisotopic (exact) mass is 254 g/mol. The number of aromatic nitrogens is 2. The van der Waals surface area contributed by atoms with Gasteiger partial charge in [-0.05, 0) is 12.1 Å². The first-order chi connectivity index (χ1) is 8.31. The summed E-state index contributed by atoms with van der Waals surface area (Å²) in [6, 6.07) is 7.26. The van der Waals surface area contributed by atoms with Crippen LogP contribution in [0.5, 0.6) is 6.08 Å². The van der Waals surface area contributed by atoms with E-state index in [-0.39, 0.29) is 6.08 Å². The van der Waals surface area contributed by atoms with Crippen LogP contribution >= 0.6 is 11.6 Å². The molecule has 0 saturated heterocycles. The fourth-order valence-electron chi connectivity index (χ4n) is 1.23. The van der Waals surface area contributed by atoms with Gasteiger partial charge in [-0.3, -0.25) is 4.52 Å². The van der Waals surface area contributed by atoms with Gasteiger partial charge in [0.1, 0.15) is 6.61 Å². The molecule has 0 unspecified atom stereocenters. The van der Waals surface area contributed by atoms with Crippen LogP contribution in [0.15, 0.2) is 28.8 Å². The minimum atomic E-state index is 0.108. The first-order valence-corrected chi connectivity index (χ1v) is 5.39. The number of hydrogen-bond acceptors (Lipinski definition) is 5. The van der Waals surface area contributed by atoms with Crippen molar-refractivity contribution < 1.29 is 14.0 Å². The maximum Gasteiger partial charge on any atom is 0.417 e. The van der Waals surface area contributed by atoms with Gasteiger partial charge >= 0.3 is 6.08 Å². The fraction of sp³-hybridized carbons (Fsp3) is 0.273. The summed E-state index contributed by atoms with van der Waals surface area (Å²) in [5, 5.41) is 4.36. The normalized spacial score (nSPS) is 10.5. The highest BCUT2D eigenvalue weighted by atomic mass is 35.5. The molecule has 0 atom stereocenters. The van der Waals surface area contributed by atoms with Crippen LogP contribution in [0.25, 0.3) is 11.4 Å². The first kappa shape index (κ1) is 11.9. The average molecular weight is 255 g/mol. The summed E-state index contributed by atoms with van der Waals surface area (Å²) >= 11 is 6.01. The SMILES string of the molecule is COCCOc1nc(-c2ccccc2Cl)no1. The van der Waals surface area contributed by atoms with Gasteiger partial charge in [-0.25, -0.2) is 0 Å². The van der Waals surface area contributed by atoms with E-state index in [1.165, 1.54) is 0 Å². The predicted octanol–water partition coefficient (Wildman–Crippen LogP) is 2.42. The molecule has 0 bridgehead atoms. The average Bonchev–Trinajstić information content (AvgIpc) is 2.79. The van der Waals surface area contributed by atoms with Crippen molar-refractivity contribution in [3.63, 3.8) is 0 Å². The lowest BCUT2D eigenvalue weighted by molar-refractivity contribution is 0.119. The number of methoxy groups -OCH3 is 1. The second-order valence-electron chi connectivity index (χ2n) is 3.20. The van der Waals surface area contributed by atoms with E-state index < -0.39 is 0 Å². The summed E-state index contributed by atoms with van der Waals surface area (Å²) in [4.78, 5) is 4.07. The van der Waals surface area contributed by atoms with Crippen LogP contribution in [0.4, 0.5) is 0 Å². The van der Waals surface area contributed by atoms with Crippen LogP contribution in [0, 0.1) is 0 Å². The molecule has 1 heterocycles. The molecule has 5 nitrogen and oxygen atoms in total. The molecule has 0 spiro atoms. The van der Waals surface area contributed by atoms with Crippen molar-refractivity contribution in [3.8, 4) is 17.5 Å². The highest BCUT2D eigenvalue weighted by Gasteiger charge is 2.11. The number of benzene rings is 1. The van der Waals surface area contributed by atoms with Crippen molar-refractivity contribution in [3.05, 3.63) is 29.3 Å². The van der Waals surface area contributed by atoms with E-state index in [0.717, 1.165) is 0 Å². The van der Waals surface area contributed by atoms with Gasteiger partial charge in [0.15, 0.2) is 0 Å². The van der Waals surface area contributed by atoms with Gasteiger partial charge in [-0.1, -0.05) is 28.9 Å². The summed E-state index contributed by atoms with van der Waals surface area (Å²) in [5.41, 5.74) is 0.708. The van der Waals surface area contributed by atoms with E-state index in [4.69, 9.17) is 25.6 Å². The van der Waals surface area contributed by atoms with Crippen LogP contribution in [0.3, 0.4) is 0 Å². The Balaban J connectivity index is 2.10. The molecule has 0 radical (unpaired) electrons. The minimum Gasteiger partial charge on any atom is -0.446 e. The molecule has 0 aliphatic heterocycles. The maximum atomic E-state index is 6.01. The van der Waals surface area contributed by atoms with E-state index in [1.54, 1.807) is 13.2 Å². The molecule has 90 valence electrons. The lowest BCUT2D eigenvalue weighted by Gasteiger charge is -1.97. The third kappa shape index (κ3) is 2.95. The van der Waals surface area contributed by atoms with Gasteiger partial charge in [-0.15, -0.1) is 0 Å². The molecule has 0 aliphatic rings. The highest BCUT2D eigenvalue weighted by Crippen LogP contribution is 2.26. The van der Waals surface area contributed by atoms with Crippen LogP contribution in [0.1, 0.15) is 0 Å². The molecule has 17 heavy (non-hydrogen) atoms. The Bertz CT molecular complexity index is 487. The van der Waals surface area contributed by atoms with Crippen molar-refractivity contribution in [1.82, 2.24) is 10.1 Å². The summed E-state index contributed by atoms with van der Waals surface area (Å²) in [5.74, 6) is 0.406. The molecule has 0 fully saturated rings. The fourth-order valence-corrected chi connectivity index (χ4v) is 1.45. The lowest BCUT2D eigenvalue weighted by Crippen LogP contribution is -2.04. The van der Waals surface area contributed by atoms with Gasteiger partial charge in [0.2, 0.25) is 5.82 Å². The Morgan fingerprint density at radius 3 is 2.88 bits per heavy atom. The Hall–Kier alpha value is -1.59. The van der Waals surface area contributed by atoms with Crippen LogP contribution in [0.2, 0.25) is 5.02 Å². The van der Waals surface area contributed by atoms with Crippen molar-refractivity contribution in [2.75, 3.05) is 20.3 Å². The Morgan fingerprint density at radius 2 is 2.12 bits per heavy atom. The maximum absolute atomic E-state index is 6.01. The van der Waals surface area contributed by atoms with E-state index in [9.17, 15) is 0 Å². The number of ether oxygens (including phenoxy) is 2. The third-order valence-corrected chi connectivity index (χ3v) is 2.36. The number of halogens is 1. The van der Waals surface area contributed by atoms with Gasteiger partial charge < -0.3 is 9.47 Å². The summed E-state index contributed by atoms with van der Waals surface area (Å²) < 4.78 is 14.9. The van der Waals surface area contributed by atoms with Gasteiger partial charge in [-0.2, -0.15) is 4.98 Å². The molecule has 1 aromatic carbocycles. The first-order valence-electron chi connectivity index (χ1n) is 5.01. The number of hydrogen-bond donors (Lipinski definition) is 0. The molecule has 0 amide bonds. The zero-order valence-electron chi connectivity index (χ0n) is 9.22. The zero-order valence-corrected chi connectivity index (χ0v) is 9.98. The minimum absolute atomic E-state index is 0.108. The summed E-state index contributed by atoms with van der Waals surface area (Å²) in [7, 11) is 1.59. The summed E-state index contributed by atoms with van der Waals surface area (Å²) in [6.45, 7) is 0.824. The molecule has 0 saturated carbocycles. The van der Waals surface area contributed by atoms with E-state index in [0.29, 0.717) is 29.6 Å². The van der Waals surface area contributed by atoms with E-state index in [2.05, 4.69) is 10.1 Å². The topological polar surface area (TPSA) is 57.4 Å². The second-order valence-corrected chi connectivity index (χ2v) is 3.61. The van der Waals surface area contributed by atoms with Crippen LogP contribution in [-0.2, 0) is 4.74 Å². The number of nitrogens with zero attached hydrogens (tertiary/aromatic N) is 2. The molecule has 2 aromatic rings. The van der Waals surface area contributed by atoms with E-state index >= 15 is 0 Å². The smallest absolute Gasteiger partial charge is 0.417 e. The Labute approximate surface area is 103 Å². The van der Waals surface area contributed by atoms with E-state index in [1.807, 2.05) is 18.2 Å². The van der Waals surface area contributed by atoms with Crippen molar-refractivity contribution in [2.45, 2.75) is 0 Å². The van der Waals surface area contributed by atoms with Gasteiger partial charge in [0.25, 0.3) is 0 Å². The van der Waals surface area contributed by atoms with Crippen molar-refractivity contribution in [2.24, 2.45) is 0 Å². The zero-order chi connectivity index (χ0) is 12.1. The lowest BCUT2D eigenvalue weighted by atomic mass is 10.2. The molecule has 0 N–H and O–H groups in total. The highest BCUT2D eigenvalue weighted by molar-refractivity contribution is 6.33. The summed E-state index contributed by atoms with van der Waals surface area (Å²) in [6.07, 6.45) is 0.108. The predicted molar refractivity (Wildman–Crippen MR) is 62.1 cm³/mol. The van der Waals surface area contributed by atoms with Crippen molar-refractivity contribution >= 4 is 11.6 Å². The van der Waals surface area contributed by atoms with Crippen molar-refractivity contribution in [1.29, 1.82) is 0 Å². The largest absolute Gasteiger partial charge is 0.446 e. The molecule has 6 heteroatoms. The van der Waals surface area contributed by atoms with Crippen LogP contribution in [-0.4, -0.2) is 30.5 Å². The molecular weight excluding hydrogens is 244 g/mol. The third-order valence-electron chi connectivity index (χ3n) is 2.04. The standard InChI is InChI=1S/C11H11ClN2O3/c1-15-6-7-16-11-13-10(14-17-11)8-4-2-3-5-9(8)12/h2-5H,6-7H2,1H3. The molecular formula is C11H11ClN2O3. The molecule has 0 aliphatic carbocycles. The van der Waals surface area contributed by atoms with Crippen LogP contribution < -0.4 is 4.74 Å². The van der Waals surface area contributed by atoms with Gasteiger partial charge in [0.05, 0.1) is 11.6 Å². The Kier molecular flexibility index (Phi) is 3.95. The molecule has 2 rings (SSSR count). The quantitative estimate of drug-likeness (QED) is 0.767. The molecule has 1 aromatic heterocycles. The second kappa shape index (κ2) is 5.65. The Morgan fingerprint density at radius 1 is 1.29 bits per heavy atom.